The molecule has 0 radical (unpaired) electrons. The number of piperidine rings is 2. The Hall–Kier alpha value is -2.85. The van der Waals surface area contributed by atoms with Crippen LogP contribution in [0.5, 0.6) is 0 Å². The van der Waals surface area contributed by atoms with Crippen LogP contribution in [-0.2, 0) is 42.9 Å². The van der Waals surface area contributed by atoms with Crippen LogP contribution in [0.3, 0.4) is 0 Å². The molecule has 11 heteroatoms. The first-order chi connectivity index (χ1) is 20.2. The summed E-state index contributed by atoms with van der Waals surface area (Å²) in [5.41, 5.74) is -6.59. The fourth-order valence-electron chi connectivity index (χ4n) is 9.04. The molecular formula is C33H47NO10. The van der Waals surface area contributed by atoms with E-state index in [1.807, 2.05) is 41.5 Å². The maximum atomic E-state index is 13.9. The number of rotatable bonds is 4. The van der Waals surface area contributed by atoms with Crippen LogP contribution in [0, 0.1) is 21.7 Å². The molecule has 0 N–H and O–H groups in total. The van der Waals surface area contributed by atoms with Crippen LogP contribution >= 0.6 is 0 Å². The molecule has 1 amide bonds. The van der Waals surface area contributed by atoms with Crippen molar-refractivity contribution < 1.29 is 47.7 Å². The Morgan fingerprint density at radius 3 is 1.36 bits per heavy atom. The number of amides is 1. The van der Waals surface area contributed by atoms with E-state index in [-0.39, 0.29) is 11.9 Å². The molecule has 0 spiro atoms. The lowest BCUT2D eigenvalue weighted by Crippen LogP contribution is -2.65. The van der Waals surface area contributed by atoms with Gasteiger partial charge in [0.25, 0.3) is 0 Å². The molecule has 2 aliphatic carbocycles. The third-order valence-electron chi connectivity index (χ3n) is 13.0. The molecule has 8 atom stereocenters. The summed E-state index contributed by atoms with van der Waals surface area (Å²) in [6.07, 6.45) is 1.62. The highest BCUT2D eigenvalue weighted by Crippen LogP contribution is 2.67. The van der Waals surface area contributed by atoms with Crippen LogP contribution in [0.15, 0.2) is 0 Å². The zero-order valence-corrected chi connectivity index (χ0v) is 27.5. The van der Waals surface area contributed by atoms with Gasteiger partial charge in [0.1, 0.15) is 17.8 Å². The molecule has 4 saturated heterocycles. The lowest BCUT2D eigenvalue weighted by atomic mass is 9.66. The monoisotopic (exact) mass is 617 g/mol. The van der Waals surface area contributed by atoms with Crippen LogP contribution in [-0.4, -0.2) is 76.0 Å². The van der Waals surface area contributed by atoms with Crippen molar-refractivity contribution in [2.45, 2.75) is 155 Å². The predicted molar refractivity (Wildman–Crippen MR) is 154 cm³/mol. The fraction of sp³-hybridized carbons (Fsp3) is 0.848. The molecule has 11 nitrogen and oxygen atoms in total. The molecule has 0 aromatic carbocycles. The third-order valence-corrected chi connectivity index (χ3v) is 13.0. The van der Waals surface area contributed by atoms with Gasteiger partial charge in [-0.1, -0.05) is 27.7 Å². The van der Waals surface area contributed by atoms with Crippen LogP contribution in [0.1, 0.15) is 114 Å². The number of carbonyl (C=O) groups is 5. The van der Waals surface area contributed by atoms with Gasteiger partial charge in [0.2, 0.25) is 11.2 Å². The third kappa shape index (κ3) is 3.70. The lowest BCUT2D eigenvalue weighted by molar-refractivity contribution is -0.202. The van der Waals surface area contributed by atoms with Crippen molar-refractivity contribution >= 4 is 30.0 Å². The largest absolute Gasteiger partial charge is 0.457 e. The summed E-state index contributed by atoms with van der Waals surface area (Å²) in [6, 6.07) is -1.03. The molecule has 0 aromatic heterocycles. The molecule has 6 rings (SSSR count). The summed E-state index contributed by atoms with van der Waals surface area (Å²) >= 11 is 0. The van der Waals surface area contributed by atoms with Crippen LogP contribution in [0.2, 0.25) is 0 Å². The summed E-state index contributed by atoms with van der Waals surface area (Å²) in [4.78, 5) is 68.6. The van der Waals surface area contributed by atoms with Gasteiger partial charge < -0.3 is 23.7 Å². The van der Waals surface area contributed by atoms with Crippen LogP contribution in [0.25, 0.3) is 0 Å². The maximum absolute atomic E-state index is 13.9. The Labute approximate surface area is 259 Å². The minimum atomic E-state index is -1.38. The van der Waals surface area contributed by atoms with E-state index < -0.39 is 80.8 Å². The zero-order chi connectivity index (χ0) is 32.5. The van der Waals surface area contributed by atoms with Gasteiger partial charge in [-0.05, 0) is 86.0 Å². The SMILES string of the molecule is CC(C)(C)OC(=O)N1[C@@H]2CC[C@@H](OC(=O)[C@@]34CC[C@@](C)(C(=O)O3)C4(C)C)[C@H]1CC[C@H]2OC(=O)[C@@]12CC[C@@](C)(C(=O)O1)C2(C)C. The Morgan fingerprint density at radius 1 is 0.682 bits per heavy atom. The number of fused-ring (bicyclic) bond motifs is 6. The highest BCUT2D eigenvalue weighted by Gasteiger charge is 2.78. The molecule has 6 aliphatic rings. The molecular weight excluding hydrogens is 570 g/mol. The van der Waals surface area contributed by atoms with E-state index in [0.29, 0.717) is 51.4 Å². The van der Waals surface area contributed by atoms with Crippen molar-refractivity contribution in [3.63, 3.8) is 0 Å². The lowest BCUT2D eigenvalue weighted by Gasteiger charge is -2.52. The van der Waals surface area contributed by atoms with Crippen molar-refractivity contribution in [3.05, 3.63) is 0 Å². The first kappa shape index (κ1) is 31.1. The number of hydrogen-bond acceptors (Lipinski definition) is 10. The van der Waals surface area contributed by atoms with Gasteiger partial charge in [0.15, 0.2) is 0 Å². The molecule has 0 aromatic rings. The Kier molecular flexibility index (Phi) is 6.45. The Balaban J connectivity index is 1.24. The van der Waals surface area contributed by atoms with E-state index >= 15 is 0 Å². The van der Waals surface area contributed by atoms with Crippen molar-refractivity contribution in [2.24, 2.45) is 21.7 Å². The van der Waals surface area contributed by atoms with Crippen molar-refractivity contribution in [1.29, 1.82) is 0 Å². The van der Waals surface area contributed by atoms with Crippen molar-refractivity contribution in [2.75, 3.05) is 0 Å². The number of nitrogens with zero attached hydrogens (tertiary/aromatic N) is 1. The predicted octanol–water partition coefficient (Wildman–Crippen LogP) is 4.62. The minimum Gasteiger partial charge on any atom is -0.457 e. The molecule has 244 valence electrons. The molecule has 6 fully saturated rings. The summed E-state index contributed by atoms with van der Waals surface area (Å²) < 4.78 is 29.7. The minimum absolute atomic E-state index is 0.384. The zero-order valence-electron chi connectivity index (χ0n) is 27.5. The smallest absolute Gasteiger partial charge is 0.411 e. The highest BCUT2D eigenvalue weighted by atomic mass is 16.6. The standard InChI is InChI=1S/C33H47NO10/c1-27(2,3)44-26(39)34-18-11-13-21(41-25(38)33-17-15-31(9,23(36)43-33)29(33,6)7)19(34)10-12-20(18)40-24(37)32-16-14-30(8,22(35)42-32)28(32,4)5/h18-21H,10-17H2,1-9H3/t18-,19-,20-,21-,30+,31+,32-,33-/m1/s1. The summed E-state index contributed by atoms with van der Waals surface area (Å²) in [5, 5.41) is 0. The average molecular weight is 618 g/mol. The number of hydrogen-bond donors (Lipinski definition) is 0. The number of carbonyl (C=O) groups excluding carboxylic acids is 5. The second kappa shape index (κ2) is 9.12. The molecule has 4 heterocycles. The van der Waals surface area contributed by atoms with Gasteiger partial charge in [-0.15, -0.1) is 0 Å². The summed E-state index contributed by atoms with van der Waals surface area (Å²) in [5.74, 6) is -1.92. The quantitative estimate of drug-likeness (QED) is 0.325. The molecule has 4 aliphatic heterocycles. The second-order valence-electron chi connectivity index (χ2n) is 16.4. The topological polar surface area (TPSA) is 135 Å². The first-order valence-corrected chi connectivity index (χ1v) is 16.1. The van der Waals surface area contributed by atoms with Gasteiger partial charge in [-0.2, -0.15) is 0 Å². The Bertz CT molecular complexity index is 1250. The van der Waals surface area contributed by atoms with Crippen LogP contribution in [0.4, 0.5) is 4.79 Å². The van der Waals surface area contributed by atoms with E-state index in [2.05, 4.69) is 0 Å². The van der Waals surface area contributed by atoms with Gasteiger partial charge in [-0.3, -0.25) is 14.5 Å². The van der Waals surface area contributed by atoms with E-state index in [0.717, 1.165) is 0 Å². The van der Waals surface area contributed by atoms with E-state index in [4.69, 9.17) is 23.7 Å². The van der Waals surface area contributed by atoms with E-state index in [9.17, 15) is 24.0 Å². The molecule has 44 heavy (non-hydrogen) atoms. The van der Waals surface area contributed by atoms with Gasteiger partial charge >= 0.3 is 30.0 Å². The van der Waals surface area contributed by atoms with E-state index in [1.165, 1.54) is 0 Å². The summed E-state index contributed by atoms with van der Waals surface area (Å²) in [7, 11) is 0. The molecule has 2 saturated carbocycles. The second-order valence-corrected chi connectivity index (χ2v) is 16.4. The number of esters is 4. The van der Waals surface area contributed by atoms with Gasteiger partial charge in [0.05, 0.1) is 22.9 Å². The van der Waals surface area contributed by atoms with Gasteiger partial charge in [0, 0.05) is 10.8 Å². The van der Waals surface area contributed by atoms with Gasteiger partial charge in [-0.25, -0.2) is 14.4 Å². The molecule has 0 unspecified atom stereocenters. The highest BCUT2D eigenvalue weighted by molar-refractivity contribution is 5.94. The first-order valence-electron chi connectivity index (χ1n) is 16.1. The average Bonchev–Trinajstić information content (AvgIpc) is 3.38. The Morgan fingerprint density at radius 2 is 1.07 bits per heavy atom. The fourth-order valence-corrected chi connectivity index (χ4v) is 9.04. The normalized spacial score (nSPS) is 42.9. The van der Waals surface area contributed by atoms with Crippen molar-refractivity contribution in [1.82, 2.24) is 4.90 Å². The number of ether oxygens (including phenoxy) is 5. The van der Waals surface area contributed by atoms with Crippen molar-refractivity contribution in [3.8, 4) is 0 Å². The van der Waals surface area contributed by atoms with Crippen LogP contribution < -0.4 is 0 Å². The summed E-state index contributed by atoms with van der Waals surface area (Å²) in [6.45, 7) is 16.5. The molecule has 6 bridgehead atoms. The maximum Gasteiger partial charge on any atom is 0.411 e. The van der Waals surface area contributed by atoms with E-state index in [1.54, 1.807) is 25.7 Å².